The molecule has 2 aromatic rings. The summed E-state index contributed by atoms with van der Waals surface area (Å²) in [5.74, 6) is -0.688. The maximum absolute atomic E-state index is 15.3. The highest BCUT2D eigenvalue weighted by molar-refractivity contribution is 7.88. The quantitative estimate of drug-likeness (QED) is 0.500. The smallest absolute Gasteiger partial charge is 0.369 e. The lowest BCUT2D eigenvalue weighted by Gasteiger charge is -2.39. The Hall–Kier alpha value is -2.22. The Morgan fingerprint density at radius 3 is 1.92 bits per heavy atom. The number of alkyl halides is 6. The average Bonchev–Trinajstić information content (AvgIpc) is 3.09. The Morgan fingerprint density at radius 2 is 1.47 bits per heavy atom. The van der Waals surface area contributed by atoms with E-state index >= 15 is 4.39 Å². The van der Waals surface area contributed by atoms with Crippen LogP contribution in [0.4, 0.5) is 30.7 Å². The van der Waals surface area contributed by atoms with Gasteiger partial charge in [0.05, 0.1) is 6.26 Å². The molecule has 4 rings (SSSR count). The number of sulfonamides is 1. The van der Waals surface area contributed by atoms with Crippen molar-refractivity contribution in [2.24, 2.45) is 0 Å². The Labute approximate surface area is 215 Å². The van der Waals surface area contributed by atoms with Crippen LogP contribution in [-0.2, 0) is 28.6 Å². The van der Waals surface area contributed by atoms with Gasteiger partial charge in [0.15, 0.2) is 0 Å². The summed E-state index contributed by atoms with van der Waals surface area (Å²) in [5, 5.41) is 9.60. The van der Waals surface area contributed by atoms with Crippen molar-refractivity contribution >= 4 is 10.0 Å². The predicted octanol–water partition coefficient (Wildman–Crippen LogP) is 4.98. The van der Waals surface area contributed by atoms with Gasteiger partial charge in [-0.1, -0.05) is 37.3 Å². The number of piperazine rings is 1. The highest BCUT2D eigenvalue weighted by atomic mass is 32.2. The fourth-order valence-corrected chi connectivity index (χ4v) is 7.09. The molecule has 0 saturated carbocycles. The number of aryl methyl sites for hydroxylation is 1. The van der Waals surface area contributed by atoms with Gasteiger partial charge in [-0.15, -0.1) is 0 Å². The van der Waals surface area contributed by atoms with Crippen molar-refractivity contribution in [1.29, 1.82) is 0 Å². The van der Waals surface area contributed by atoms with Crippen molar-refractivity contribution < 1.29 is 44.3 Å². The molecule has 2 atom stereocenters. The maximum atomic E-state index is 15.3. The molecule has 2 heterocycles. The molecule has 2 fully saturated rings. The molecular weight excluding hydrogens is 541 g/mol. The summed E-state index contributed by atoms with van der Waals surface area (Å²) in [6.45, 7) is 3.10. The largest absolute Gasteiger partial charge is 0.430 e. The number of fused-ring (bicyclic) bond motifs is 2. The van der Waals surface area contributed by atoms with E-state index in [0.717, 1.165) is 25.0 Å². The molecule has 2 aliphatic rings. The summed E-state index contributed by atoms with van der Waals surface area (Å²) in [5.41, 5.74) is -5.23. The molecule has 5 nitrogen and oxygen atoms in total. The van der Waals surface area contributed by atoms with E-state index in [0.29, 0.717) is 49.3 Å². The van der Waals surface area contributed by atoms with Crippen LogP contribution in [0.1, 0.15) is 36.5 Å². The summed E-state index contributed by atoms with van der Waals surface area (Å²) in [6.07, 6.45) is -9.01. The van der Waals surface area contributed by atoms with Crippen molar-refractivity contribution in [1.82, 2.24) is 9.21 Å². The zero-order valence-corrected chi connectivity index (χ0v) is 21.4. The van der Waals surface area contributed by atoms with E-state index in [-0.39, 0.29) is 23.2 Å². The van der Waals surface area contributed by atoms with Crippen LogP contribution in [0, 0.1) is 5.82 Å². The minimum absolute atomic E-state index is 0.0484. The lowest BCUT2D eigenvalue weighted by atomic mass is 9.89. The van der Waals surface area contributed by atoms with Crippen molar-refractivity contribution in [2.75, 3.05) is 19.3 Å². The van der Waals surface area contributed by atoms with Gasteiger partial charge in [-0.2, -0.15) is 30.6 Å². The first-order valence-corrected chi connectivity index (χ1v) is 13.8. The Bertz CT molecular complexity index is 1270. The molecule has 1 N–H and O–H groups in total. The standard InChI is InChI=1S/C25H27F7N2O3S/c1-3-16-10-15(12-33-13-19-8-9-20(14-33)34(19)38(2,36)37)11-21(26)22(16)17-4-6-18(7-5-17)23(35,24(27,28)29)25(30,31)32/h4-7,10-11,19-20,35H,3,8-9,12-14H2,1-2H3. The van der Waals surface area contributed by atoms with Crippen LogP contribution in [0.15, 0.2) is 36.4 Å². The van der Waals surface area contributed by atoms with Gasteiger partial charge in [0.1, 0.15) is 5.82 Å². The molecule has 0 aliphatic carbocycles. The van der Waals surface area contributed by atoms with E-state index in [4.69, 9.17) is 0 Å². The van der Waals surface area contributed by atoms with Crippen LogP contribution < -0.4 is 0 Å². The summed E-state index contributed by atoms with van der Waals surface area (Å²) < 4.78 is 120. The van der Waals surface area contributed by atoms with Crippen molar-refractivity contribution in [3.8, 4) is 11.1 Å². The average molecular weight is 569 g/mol. The summed E-state index contributed by atoms with van der Waals surface area (Å²) in [7, 11) is -3.33. The molecule has 0 radical (unpaired) electrons. The van der Waals surface area contributed by atoms with Gasteiger partial charge in [0.25, 0.3) is 5.60 Å². The minimum atomic E-state index is -6.01. The lowest BCUT2D eigenvalue weighted by molar-refractivity contribution is -0.376. The van der Waals surface area contributed by atoms with Crippen LogP contribution >= 0.6 is 0 Å². The van der Waals surface area contributed by atoms with Gasteiger partial charge in [0.2, 0.25) is 10.0 Å². The topological polar surface area (TPSA) is 60.9 Å². The Kier molecular flexibility index (Phi) is 7.39. The SMILES string of the molecule is CCc1cc(CN2CC3CCC(C2)N3S(C)(=O)=O)cc(F)c1-c1ccc(C(O)(C(F)(F)F)C(F)(F)F)cc1. The highest BCUT2D eigenvalue weighted by Crippen LogP contribution is 2.50. The first-order chi connectivity index (χ1) is 17.5. The van der Waals surface area contributed by atoms with E-state index in [9.17, 15) is 39.9 Å². The first kappa shape index (κ1) is 28.8. The second-order valence-corrected chi connectivity index (χ2v) is 11.8. The summed E-state index contributed by atoms with van der Waals surface area (Å²) >= 11 is 0. The summed E-state index contributed by atoms with van der Waals surface area (Å²) in [4.78, 5) is 2.06. The fourth-order valence-electron chi connectivity index (χ4n) is 5.67. The molecular formula is C25H27F7N2O3S. The molecule has 13 heteroatoms. The van der Waals surface area contributed by atoms with Gasteiger partial charge in [-0.05, 0) is 42.0 Å². The number of aliphatic hydroxyl groups is 1. The number of likely N-dealkylation sites (tertiary alicyclic amines) is 1. The monoisotopic (exact) mass is 568 g/mol. The molecule has 2 saturated heterocycles. The molecule has 38 heavy (non-hydrogen) atoms. The number of hydrogen-bond donors (Lipinski definition) is 1. The fraction of sp³-hybridized carbons (Fsp3) is 0.520. The zero-order valence-electron chi connectivity index (χ0n) is 20.6. The van der Waals surface area contributed by atoms with E-state index in [1.54, 1.807) is 17.3 Å². The Balaban J connectivity index is 1.60. The van der Waals surface area contributed by atoms with Crippen molar-refractivity contribution in [3.63, 3.8) is 0 Å². The van der Waals surface area contributed by atoms with Crippen LogP contribution in [0.3, 0.4) is 0 Å². The van der Waals surface area contributed by atoms with Gasteiger partial charge >= 0.3 is 12.4 Å². The van der Waals surface area contributed by atoms with E-state index < -0.39 is 39.4 Å². The number of nitrogens with zero attached hydrogens (tertiary/aromatic N) is 2. The molecule has 2 bridgehead atoms. The first-order valence-electron chi connectivity index (χ1n) is 12.0. The van der Waals surface area contributed by atoms with Gasteiger partial charge < -0.3 is 5.11 Å². The molecule has 0 amide bonds. The minimum Gasteiger partial charge on any atom is -0.369 e. The normalized spacial score (nSPS) is 21.7. The van der Waals surface area contributed by atoms with Crippen LogP contribution in [0.5, 0.6) is 0 Å². The highest BCUT2D eigenvalue weighted by Gasteiger charge is 2.71. The van der Waals surface area contributed by atoms with Crippen LogP contribution in [0.2, 0.25) is 0 Å². The molecule has 2 aromatic carbocycles. The van der Waals surface area contributed by atoms with Crippen molar-refractivity contribution in [2.45, 2.75) is 62.8 Å². The van der Waals surface area contributed by atoms with Gasteiger partial charge in [0, 0.05) is 42.8 Å². The van der Waals surface area contributed by atoms with Gasteiger partial charge in [-0.3, -0.25) is 4.90 Å². The second kappa shape index (κ2) is 9.76. The molecule has 2 unspecified atom stereocenters. The molecule has 0 spiro atoms. The predicted molar refractivity (Wildman–Crippen MR) is 126 cm³/mol. The molecule has 0 aromatic heterocycles. The third-order valence-electron chi connectivity index (χ3n) is 7.30. The lowest BCUT2D eigenvalue weighted by Crippen LogP contribution is -2.54. The number of benzene rings is 2. The van der Waals surface area contributed by atoms with E-state index in [1.807, 2.05) is 0 Å². The van der Waals surface area contributed by atoms with E-state index in [1.165, 1.54) is 12.3 Å². The molecule has 2 aliphatic heterocycles. The second-order valence-electron chi connectivity index (χ2n) is 9.92. The van der Waals surface area contributed by atoms with Crippen LogP contribution in [0.25, 0.3) is 11.1 Å². The van der Waals surface area contributed by atoms with Crippen LogP contribution in [-0.4, -0.2) is 66.5 Å². The number of hydrogen-bond acceptors (Lipinski definition) is 4. The zero-order chi connectivity index (χ0) is 28.3. The number of halogens is 7. The third-order valence-corrected chi connectivity index (χ3v) is 8.67. The van der Waals surface area contributed by atoms with E-state index in [2.05, 4.69) is 4.90 Å². The Morgan fingerprint density at radius 1 is 0.947 bits per heavy atom. The molecule has 210 valence electrons. The van der Waals surface area contributed by atoms with Gasteiger partial charge in [-0.25, -0.2) is 12.8 Å². The third kappa shape index (κ3) is 5.05. The summed E-state index contributed by atoms with van der Waals surface area (Å²) in [6, 6.07) is 5.57. The maximum Gasteiger partial charge on any atom is 0.430 e. The van der Waals surface area contributed by atoms with Crippen molar-refractivity contribution in [3.05, 3.63) is 58.9 Å². The number of rotatable bonds is 6.